The third-order valence-electron chi connectivity index (χ3n) is 2.09. The van der Waals surface area contributed by atoms with Crippen LogP contribution in [0.2, 0.25) is 0 Å². The van der Waals surface area contributed by atoms with E-state index in [1.165, 1.54) is 0 Å². The quantitative estimate of drug-likeness (QED) is 0.884. The van der Waals surface area contributed by atoms with Gasteiger partial charge >= 0.3 is 0 Å². The van der Waals surface area contributed by atoms with Crippen LogP contribution >= 0.6 is 0 Å². The topological polar surface area (TPSA) is 62.1 Å². The van der Waals surface area contributed by atoms with E-state index in [0.717, 1.165) is 5.56 Å². The van der Waals surface area contributed by atoms with Gasteiger partial charge in [-0.25, -0.2) is 0 Å². The van der Waals surface area contributed by atoms with Crippen molar-refractivity contribution in [3.05, 3.63) is 29.8 Å². The Morgan fingerprint density at radius 1 is 1.33 bits per heavy atom. The van der Waals surface area contributed by atoms with Gasteiger partial charge in [-0.2, -0.15) is 5.26 Å². The lowest BCUT2D eigenvalue weighted by molar-refractivity contribution is -0.124. The lowest BCUT2D eigenvalue weighted by Crippen LogP contribution is -2.43. The SMILES string of the molecule is CC(C)(C)NC(=O)COc1ccc(CC#N)cc1. The van der Waals surface area contributed by atoms with Crippen molar-refractivity contribution in [3.8, 4) is 11.8 Å². The molecule has 0 radical (unpaired) electrons. The summed E-state index contributed by atoms with van der Waals surface area (Å²) in [5.74, 6) is 0.476. The van der Waals surface area contributed by atoms with Crippen LogP contribution in [-0.4, -0.2) is 18.1 Å². The highest BCUT2D eigenvalue weighted by atomic mass is 16.5. The fourth-order valence-corrected chi connectivity index (χ4v) is 1.40. The van der Waals surface area contributed by atoms with Crippen LogP contribution in [-0.2, 0) is 11.2 Å². The molecule has 4 heteroatoms. The summed E-state index contributed by atoms with van der Waals surface area (Å²) < 4.78 is 5.35. The maximum atomic E-state index is 11.5. The number of nitriles is 1. The second-order valence-electron chi connectivity index (χ2n) is 5.07. The third kappa shape index (κ3) is 5.35. The van der Waals surface area contributed by atoms with Crippen LogP contribution < -0.4 is 10.1 Å². The second kappa shape index (κ2) is 6.06. The van der Waals surface area contributed by atoms with Gasteiger partial charge in [-0.15, -0.1) is 0 Å². The van der Waals surface area contributed by atoms with E-state index in [2.05, 4.69) is 11.4 Å². The summed E-state index contributed by atoms with van der Waals surface area (Å²) in [6.07, 6.45) is 0.380. The van der Waals surface area contributed by atoms with Gasteiger partial charge in [0.25, 0.3) is 5.91 Å². The van der Waals surface area contributed by atoms with Gasteiger partial charge in [-0.05, 0) is 38.5 Å². The Morgan fingerprint density at radius 3 is 2.44 bits per heavy atom. The predicted molar refractivity (Wildman–Crippen MR) is 69.1 cm³/mol. The molecule has 1 aromatic rings. The minimum Gasteiger partial charge on any atom is -0.484 e. The van der Waals surface area contributed by atoms with E-state index in [4.69, 9.17) is 10.00 Å². The molecule has 1 rings (SSSR count). The zero-order valence-corrected chi connectivity index (χ0v) is 11.0. The van der Waals surface area contributed by atoms with E-state index in [9.17, 15) is 4.79 Å². The van der Waals surface area contributed by atoms with Gasteiger partial charge in [0, 0.05) is 5.54 Å². The Bertz CT molecular complexity index is 438. The summed E-state index contributed by atoms with van der Waals surface area (Å²) in [7, 11) is 0. The molecule has 0 aliphatic heterocycles. The molecule has 0 fully saturated rings. The molecule has 0 unspecified atom stereocenters. The molecule has 0 aliphatic carbocycles. The standard InChI is InChI=1S/C14H18N2O2/c1-14(2,3)16-13(17)10-18-12-6-4-11(5-7-12)8-9-15/h4-7H,8,10H2,1-3H3,(H,16,17). The number of rotatable bonds is 4. The summed E-state index contributed by atoms with van der Waals surface area (Å²) in [5.41, 5.74) is 0.681. The smallest absolute Gasteiger partial charge is 0.258 e. The number of carbonyl (C=O) groups excluding carboxylic acids is 1. The van der Waals surface area contributed by atoms with E-state index in [0.29, 0.717) is 12.2 Å². The Labute approximate surface area is 108 Å². The second-order valence-corrected chi connectivity index (χ2v) is 5.07. The summed E-state index contributed by atoms with van der Waals surface area (Å²) in [6, 6.07) is 9.24. The van der Waals surface area contributed by atoms with Crippen molar-refractivity contribution in [3.63, 3.8) is 0 Å². The van der Waals surface area contributed by atoms with Crippen molar-refractivity contribution in [2.24, 2.45) is 0 Å². The Hall–Kier alpha value is -2.02. The highest BCUT2D eigenvalue weighted by molar-refractivity contribution is 5.78. The molecule has 0 saturated carbocycles. The third-order valence-corrected chi connectivity index (χ3v) is 2.09. The molecule has 0 spiro atoms. The summed E-state index contributed by atoms with van der Waals surface area (Å²) in [5, 5.41) is 11.4. The average molecular weight is 246 g/mol. The molecule has 0 aromatic heterocycles. The number of carbonyl (C=O) groups is 1. The van der Waals surface area contributed by atoms with Crippen molar-refractivity contribution in [1.82, 2.24) is 5.32 Å². The molecular formula is C14H18N2O2. The number of amides is 1. The Morgan fingerprint density at radius 2 is 1.94 bits per heavy atom. The van der Waals surface area contributed by atoms with Crippen LogP contribution in [0.4, 0.5) is 0 Å². The Balaban J connectivity index is 2.44. The van der Waals surface area contributed by atoms with E-state index < -0.39 is 0 Å². The van der Waals surface area contributed by atoms with Crippen LogP contribution in [0, 0.1) is 11.3 Å². The number of nitrogens with one attached hydrogen (secondary N) is 1. The van der Waals surface area contributed by atoms with Crippen molar-refractivity contribution >= 4 is 5.91 Å². The van der Waals surface area contributed by atoms with Gasteiger partial charge in [0.05, 0.1) is 12.5 Å². The van der Waals surface area contributed by atoms with Crippen molar-refractivity contribution in [1.29, 1.82) is 5.26 Å². The first-order chi connectivity index (χ1) is 8.40. The minimum absolute atomic E-state index is 0.00509. The Kier molecular flexibility index (Phi) is 4.73. The molecule has 1 N–H and O–H groups in total. The van der Waals surface area contributed by atoms with Gasteiger partial charge < -0.3 is 10.1 Å². The molecule has 0 heterocycles. The van der Waals surface area contributed by atoms with Crippen LogP contribution in [0.15, 0.2) is 24.3 Å². The number of benzene rings is 1. The van der Waals surface area contributed by atoms with Gasteiger partial charge in [-0.1, -0.05) is 12.1 Å². The lowest BCUT2D eigenvalue weighted by Gasteiger charge is -2.20. The van der Waals surface area contributed by atoms with Gasteiger partial charge in [0.1, 0.15) is 5.75 Å². The van der Waals surface area contributed by atoms with Crippen LogP contribution in [0.5, 0.6) is 5.75 Å². The largest absolute Gasteiger partial charge is 0.484 e. The number of hydrogen-bond donors (Lipinski definition) is 1. The van der Waals surface area contributed by atoms with E-state index in [-0.39, 0.29) is 18.1 Å². The van der Waals surface area contributed by atoms with Crippen molar-refractivity contribution in [2.75, 3.05) is 6.61 Å². The number of hydrogen-bond acceptors (Lipinski definition) is 3. The molecule has 0 bridgehead atoms. The molecule has 0 saturated heterocycles. The van der Waals surface area contributed by atoms with E-state index in [1.54, 1.807) is 12.1 Å². The maximum Gasteiger partial charge on any atom is 0.258 e. The van der Waals surface area contributed by atoms with Gasteiger partial charge in [0.2, 0.25) is 0 Å². The predicted octanol–water partition coefficient (Wildman–Crippen LogP) is 2.05. The molecular weight excluding hydrogens is 228 g/mol. The van der Waals surface area contributed by atoms with Gasteiger partial charge in [-0.3, -0.25) is 4.79 Å². The fourth-order valence-electron chi connectivity index (χ4n) is 1.40. The monoisotopic (exact) mass is 246 g/mol. The molecule has 1 amide bonds. The molecule has 0 atom stereocenters. The maximum absolute atomic E-state index is 11.5. The first-order valence-electron chi connectivity index (χ1n) is 5.80. The van der Waals surface area contributed by atoms with E-state index >= 15 is 0 Å². The number of nitrogens with zero attached hydrogens (tertiary/aromatic N) is 1. The van der Waals surface area contributed by atoms with Crippen LogP contribution in [0.3, 0.4) is 0 Å². The highest BCUT2D eigenvalue weighted by Gasteiger charge is 2.13. The summed E-state index contributed by atoms with van der Waals surface area (Å²) in [6.45, 7) is 5.75. The zero-order valence-electron chi connectivity index (χ0n) is 11.0. The van der Waals surface area contributed by atoms with Crippen LogP contribution in [0.25, 0.3) is 0 Å². The summed E-state index contributed by atoms with van der Waals surface area (Å²) in [4.78, 5) is 11.5. The zero-order chi connectivity index (χ0) is 13.6. The van der Waals surface area contributed by atoms with Crippen molar-refractivity contribution in [2.45, 2.75) is 32.7 Å². The normalized spacial score (nSPS) is 10.6. The number of ether oxygens (including phenoxy) is 1. The van der Waals surface area contributed by atoms with Crippen LogP contribution in [0.1, 0.15) is 26.3 Å². The minimum atomic E-state index is -0.253. The van der Waals surface area contributed by atoms with Crippen molar-refractivity contribution < 1.29 is 9.53 Å². The molecule has 0 aliphatic rings. The average Bonchev–Trinajstić information content (AvgIpc) is 2.26. The highest BCUT2D eigenvalue weighted by Crippen LogP contribution is 2.12. The lowest BCUT2D eigenvalue weighted by atomic mass is 10.1. The summed E-state index contributed by atoms with van der Waals surface area (Å²) >= 11 is 0. The molecule has 18 heavy (non-hydrogen) atoms. The molecule has 96 valence electrons. The molecule has 4 nitrogen and oxygen atoms in total. The fraction of sp³-hybridized carbons (Fsp3) is 0.429. The molecule has 1 aromatic carbocycles. The van der Waals surface area contributed by atoms with Gasteiger partial charge in [0.15, 0.2) is 6.61 Å². The van der Waals surface area contributed by atoms with E-state index in [1.807, 2.05) is 32.9 Å². The first kappa shape index (κ1) is 14.0. The first-order valence-corrected chi connectivity index (χ1v) is 5.80.